The first kappa shape index (κ1) is 25.6. The van der Waals surface area contributed by atoms with Crippen LogP contribution in [0.25, 0.3) is 0 Å². The minimum atomic E-state index is -1.16. The predicted molar refractivity (Wildman–Crippen MR) is 134 cm³/mol. The Balaban J connectivity index is 1.59. The number of carbonyl (C=O) groups excluding carboxylic acids is 1. The SMILES string of the molecule is O=CC1C(CNC(=O)O)C(OCc2ccccc2)C(OCc2ccccc2)C1OCc1ccccc1. The van der Waals surface area contributed by atoms with E-state index in [2.05, 4.69) is 5.32 Å². The molecular formula is C29H31NO6. The lowest BCUT2D eigenvalue weighted by Crippen LogP contribution is -2.40. The second kappa shape index (κ2) is 13.0. The summed E-state index contributed by atoms with van der Waals surface area (Å²) < 4.78 is 19.0. The van der Waals surface area contributed by atoms with E-state index in [1.807, 2.05) is 91.0 Å². The maximum Gasteiger partial charge on any atom is 0.404 e. The van der Waals surface area contributed by atoms with Crippen molar-refractivity contribution in [2.75, 3.05) is 6.54 Å². The molecular weight excluding hydrogens is 458 g/mol. The Bertz CT molecular complexity index is 1080. The quantitative estimate of drug-likeness (QED) is 0.365. The van der Waals surface area contributed by atoms with Crippen LogP contribution in [0.1, 0.15) is 16.7 Å². The van der Waals surface area contributed by atoms with Crippen molar-refractivity contribution in [2.45, 2.75) is 38.1 Å². The van der Waals surface area contributed by atoms with Crippen molar-refractivity contribution in [3.8, 4) is 0 Å². The van der Waals surface area contributed by atoms with E-state index in [4.69, 9.17) is 14.2 Å². The summed E-state index contributed by atoms with van der Waals surface area (Å²) in [5.41, 5.74) is 2.93. The lowest BCUT2D eigenvalue weighted by molar-refractivity contribution is -0.133. The number of hydrogen-bond acceptors (Lipinski definition) is 5. The summed E-state index contributed by atoms with van der Waals surface area (Å²) in [6.07, 6.45) is -2.05. The van der Waals surface area contributed by atoms with E-state index in [0.717, 1.165) is 23.0 Å². The van der Waals surface area contributed by atoms with Gasteiger partial charge in [-0.15, -0.1) is 0 Å². The van der Waals surface area contributed by atoms with E-state index in [-0.39, 0.29) is 6.54 Å². The topological polar surface area (TPSA) is 94.1 Å². The third kappa shape index (κ3) is 6.79. The smallest absolute Gasteiger partial charge is 0.404 e. The van der Waals surface area contributed by atoms with Crippen molar-refractivity contribution in [2.24, 2.45) is 11.8 Å². The monoisotopic (exact) mass is 489 g/mol. The third-order valence-electron chi connectivity index (χ3n) is 6.45. The molecule has 1 amide bonds. The summed E-state index contributed by atoms with van der Waals surface area (Å²) in [6, 6.07) is 29.2. The Morgan fingerprint density at radius 1 is 0.694 bits per heavy atom. The third-order valence-corrected chi connectivity index (χ3v) is 6.45. The molecule has 1 fully saturated rings. The first-order valence-corrected chi connectivity index (χ1v) is 12.0. The molecule has 188 valence electrons. The Hall–Kier alpha value is -3.52. The summed E-state index contributed by atoms with van der Waals surface area (Å²) in [7, 11) is 0. The van der Waals surface area contributed by atoms with Crippen LogP contribution in [0.2, 0.25) is 0 Å². The van der Waals surface area contributed by atoms with Gasteiger partial charge in [-0.05, 0) is 16.7 Å². The molecule has 5 unspecified atom stereocenters. The number of nitrogens with one attached hydrogen (secondary N) is 1. The van der Waals surface area contributed by atoms with Crippen LogP contribution in [0.3, 0.4) is 0 Å². The average molecular weight is 490 g/mol. The highest BCUT2D eigenvalue weighted by Gasteiger charge is 2.53. The zero-order valence-corrected chi connectivity index (χ0v) is 19.9. The van der Waals surface area contributed by atoms with Crippen molar-refractivity contribution in [3.63, 3.8) is 0 Å². The van der Waals surface area contributed by atoms with Gasteiger partial charge in [-0.3, -0.25) is 0 Å². The maximum atomic E-state index is 12.4. The van der Waals surface area contributed by atoms with Crippen molar-refractivity contribution in [1.29, 1.82) is 0 Å². The summed E-state index contributed by atoms with van der Waals surface area (Å²) >= 11 is 0. The van der Waals surface area contributed by atoms with Gasteiger partial charge in [0.25, 0.3) is 0 Å². The zero-order valence-electron chi connectivity index (χ0n) is 19.9. The molecule has 36 heavy (non-hydrogen) atoms. The van der Waals surface area contributed by atoms with Crippen LogP contribution in [0, 0.1) is 11.8 Å². The molecule has 1 aliphatic rings. The maximum absolute atomic E-state index is 12.4. The molecule has 7 nitrogen and oxygen atoms in total. The number of amides is 1. The average Bonchev–Trinajstić information content (AvgIpc) is 3.21. The Morgan fingerprint density at radius 3 is 1.53 bits per heavy atom. The number of benzene rings is 3. The molecule has 1 aliphatic carbocycles. The lowest BCUT2D eigenvalue weighted by atomic mass is 9.95. The second-order valence-electron chi connectivity index (χ2n) is 8.85. The van der Waals surface area contributed by atoms with Crippen LogP contribution in [-0.2, 0) is 38.8 Å². The van der Waals surface area contributed by atoms with E-state index in [9.17, 15) is 14.7 Å². The van der Waals surface area contributed by atoms with Gasteiger partial charge in [-0.25, -0.2) is 4.79 Å². The molecule has 1 saturated carbocycles. The van der Waals surface area contributed by atoms with E-state index in [0.29, 0.717) is 19.8 Å². The van der Waals surface area contributed by atoms with Crippen molar-refractivity contribution >= 4 is 12.4 Å². The zero-order chi connectivity index (χ0) is 25.2. The molecule has 7 heteroatoms. The number of carboxylic acid groups (broad SMARTS) is 1. The van der Waals surface area contributed by atoms with Crippen LogP contribution in [0.4, 0.5) is 4.79 Å². The summed E-state index contributed by atoms with van der Waals surface area (Å²) in [5, 5.41) is 11.7. The van der Waals surface area contributed by atoms with E-state index in [1.165, 1.54) is 0 Å². The highest BCUT2D eigenvalue weighted by Crippen LogP contribution is 2.39. The second-order valence-corrected chi connectivity index (χ2v) is 8.85. The lowest BCUT2D eigenvalue weighted by Gasteiger charge is -2.27. The van der Waals surface area contributed by atoms with Gasteiger partial charge < -0.3 is 29.4 Å². The fourth-order valence-corrected chi connectivity index (χ4v) is 4.66. The first-order valence-electron chi connectivity index (χ1n) is 12.0. The molecule has 2 N–H and O–H groups in total. The van der Waals surface area contributed by atoms with Gasteiger partial charge in [0.2, 0.25) is 0 Å². The van der Waals surface area contributed by atoms with Crippen LogP contribution in [0.15, 0.2) is 91.0 Å². The van der Waals surface area contributed by atoms with Gasteiger partial charge in [-0.1, -0.05) is 91.0 Å². The van der Waals surface area contributed by atoms with Crippen LogP contribution in [0.5, 0.6) is 0 Å². The highest BCUT2D eigenvalue weighted by atomic mass is 16.6. The highest BCUT2D eigenvalue weighted by molar-refractivity contribution is 5.64. The molecule has 0 heterocycles. The Kier molecular flexibility index (Phi) is 9.21. The van der Waals surface area contributed by atoms with Crippen molar-refractivity contribution < 1.29 is 28.9 Å². The summed E-state index contributed by atoms with van der Waals surface area (Å²) in [4.78, 5) is 23.7. The molecule has 0 aliphatic heterocycles. The van der Waals surface area contributed by atoms with E-state index < -0.39 is 36.2 Å². The number of ether oxygens (including phenoxy) is 3. The van der Waals surface area contributed by atoms with Crippen molar-refractivity contribution in [1.82, 2.24) is 5.32 Å². The van der Waals surface area contributed by atoms with Crippen molar-refractivity contribution in [3.05, 3.63) is 108 Å². The molecule has 0 spiro atoms. The molecule has 3 aromatic rings. The van der Waals surface area contributed by atoms with Gasteiger partial charge in [0.1, 0.15) is 12.4 Å². The molecule has 0 saturated heterocycles. The largest absolute Gasteiger partial charge is 0.465 e. The normalized spacial score (nSPS) is 23.3. The van der Waals surface area contributed by atoms with Gasteiger partial charge in [0, 0.05) is 12.5 Å². The van der Waals surface area contributed by atoms with Crippen LogP contribution >= 0.6 is 0 Å². The first-order chi connectivity index (χ1) is 17.7. The fourth-order valence-electron chi connectivity index (χ4n) is 4.66. The Labute approximate surface area is 211 Å². The molecule has 4 rings (SSSR count). The van der Waals surface area contributed by atoms with Gasteiger partial charge in [0.15, 0.2) is 0 Å². The minimum Gasteiger partial charge on any atom is -0.465 e. The minimum absolute atomic E-state index is 0.0502. The summed E-state index contributed by atoms with van der Waals surface area (Å²) in [5.74, 6) is -1.06. The van der Waals surface area contributed by atoms with E-state index in [1.54, 1.807) is 0 Å². The summed E-state index contributed by atoms with van der Waals surface area (Å²) in [6.45, 7) is 0.962. The molecule has 3 aromatic carbocycles. The van der Waals surface area contributed by atoms with E-state index >= 15 is 0 Å². The number of rotatable bonds is 12. The molecule has 5 atom stereocenters. The number of hydrogen-bond donors (Lipinski definition) is 2. The number of aldehydes is 1. The van der Waals surface area contributed by atoms with Crippen LogP contribution < -0.4 is 5.32 Å². The van der Waals surface area contributed by atoms with Gasteiger partial charge in [0.05, 0.1) is 37.9 Å². The predicted octanol–water partition coefficient (Wildman–Crippen LogP) is 4.46. The standard InChI is InChI=1S/C29H31NO6/c31-17-25-24(16-30-29(32)33)26(34-18-21-10-4-1-5-11-21)28(36-20-23-14-8-3-9-15-23)27(25)35-19-22-12-6-2-7-13-22/h1-15,17,24-28,30H,16,18-20H2,(H,32,33). The van der Waals surface area contributed by atoms with Gasteiger partial charge >= 0.3 is 6.09 Å². The molecule has 0 radical (unpaired) electrons. The van der Waals surface area contributed by atoms with Crippen LogP contribution in [-0.4, -0.2) is 42.3 Å². The molecule has 0 bridgehead atoms. The number of carbonyl (C=O) groups is 2. The van der Waals surface area contributed by atoms with Gasteiger partial charge in [-0.2, -0.15) is 0 Å². The fraction of sp³-hybridized carbons (Fsp3) is 0.310. The Morgan fingerprint density at radius 2 is 1.11 bits per heavy atom. The molecule has 0 aromatic heterocycles.